The zero-order valence-corrected chi connectivity index (χ0v) is 8.88. The summed E-state index contributed by atoms with van der Waals surface area (Å²) in [7, 11) is 0. The Kier molecular flexibility index (Phi) is 1.88. The highest BCUT2D eigenvalue weighted by Gasteiger charge is 2.58. The van der Waals surface area contributed by atoms with Crippen molar-refractivity contribution in [2.75, 3.05) is 6.54 Å². The molecule has 0 radical (unpaired) electrons. The van der Waals surface area contributed by atoms with E-state index in [1.807, 2.05) is 11.8 Å². The first-order chi connectivity index (χ1) is 6.53. The molecule has 78 valence electrons. The standard InChI is InChI=1S/C11H17NO2/c1-4-11(3)10(2)7-5-6-8-12(10)9(13)14-11/h4H,1,5-8H2,2-3H3/t10-,11+/m0/s1. The van der Waals surface area contributed by atoms with Crippen LogP contribution in [-0.4, -0.2) is 28.7 Å². The Morgan fingerprint density at radius 1 is 1.50 bits per heavy atom. The molecule has 2 rings (SSSR count). The van der Waals surface area contributed by atoms with E-state index < -0.39 is 5.60 Å². The third-order valence-electron chi connectivity index (χ3n) is 3.87. The Bertz CT molecular complexity index is 289. The number of cyclic esters (lactones) is 1. The third kappa shape index (κ3) is 0.954. The number of carbonyl (C=O) groups is 1. The first kappa shape index (κ1) is 9.56. The summed E-state index contributed by atoms with van der Waals surface area (Å²) in [5.41, 5.74) is -0.714. The number of hydrogen-bond acceptors (Lipinski definition) is 2. The van der Waals surface area contributed by atoms with E-state index in [9.17, 15) is 4.79 Å². The molecule has 0 aromatic heterocycles. The first-order valence-electron chi connectivity index (χ1n) is 5.18. The van der Waals surface area contributed by atoms with Crippen molar-refractivity contribution in [3.05, 3.63) is 12.7 Å². The maximum Gasteiger partial charge on any atom is 0.411 e. The number of hydrogen-bond donors (Lipinski definition) is 0. The molecule has 0 unspecified atom stereocenters. The average molecular weight is 195 g/mol. The van der Waals surface area contributed by atoms with Crippen LogP contribution in [0.4, 0.5) is 4.79 Å². The Morgan fingerprint density at radius 3 is 2.86 bits per heavy atom. The summed E-state index contributed by atoms with van der Waals surface area (Å²) >= 11 is 0. The lowest BCUT2D eigenvalue weighted by atomic mass is 9.76. The second-order valence-electron chi connectivity index (χ2n) is 4.56. The molecule has 1 amide bonds. The first-order valence-corrected chi connectivity index (χ1v) is 5.18. The number of carbonyl (C=O) groups excluding carboxylic acids is 1. The predicted octanol–water partition coefficient (Wildman–Crippen LogP) is 2.33. The van der Waals surface area contributed by atoms with Gasteiger partial charge < -0.3 is 4.74 Å². The van der Waals surface area contributed by atoms with Gasteiger partial charge in [-0.05, 0) is 39.2 Å². The van der Waals surface area contributed by atoms with Crippen molar-refractivity contribution in [3.63, 3.8) is 0 Å². The summed E-state index contributed by atoms with van der Waals surface area (Å²) in [6, 6.07) is 0. The topological polar surface area (TPSA) is 29.5 Å². The van der Waals surface area contributed by atoms with Crippen LogP contribution in [0, 0.1) is 0 Å². The lowest BCUT2D eigenvalue weighted by Gasteiger charge is -2.43. The molecule has 14 heavy (non-hydrogen) atoms. The van der Waals surface area contributed by atoms with Crippen LogP contribution < -0.4 is 0 Å². The molecule has 2 saturated heterocycles. The molecular formula is C11H17NO2. The van der Waals surface area contributed by atoms with Gasteiger partial charge in [0.25, 0.3) is 0 Å². The van der Waals surface area contributed by atoms with Gasteiger partial charge in [-0.15, -0.1) is 0 Å². The van der Waals surface area contributed by atoms with Gasteiger partial charge in [0, 0.05) is 6.54 Å². The molecule has 0 N–H and O–H groups in total. The van der Waals surface area contributed by atoms with E-state index >= 15 is 0 Å². The molecule has 2 aliphatic rings. The van der Waals surface area contributed by atoms with Crippen LogP contribution in [0.3, 0.4) is 0 Å². The van der Waals surface area contributed by atoms with Crippen molar-refractivity contribution in [2.24, 2.45) is 0 Å². The number of rotatable bonds is 1. The van der Waals surface area contributed by atoms with E-state index in [2.05, 4.69) is 13.5 Å². The summed E-state index contributed by atoms with van der Waals surface area (Å²) in [6.07, 6.45) is 4.82. The van der Waals surface area contributed by atoms with E-state index in [0.717, 1.165) is 25.8 Å². The fourth-order valence-electron chi connectivity index (χ4n) is 2.54. The van der Waals surface area contributed by atoms with Crippen LogP contribution in [0.15, 0.2) is 12.7 Å². The monoisotopic (exact) mass is 195 g/mol. The molecule has 2 heterocycles. The summed E-state index contributed by atoms with van der Waals surface area (Å²) in [6.45, 7) is 8.64. The molecule has 0 aromatic rings. The Hall–Kier alpha value is -0.990. The Morgan fingerprint density at radius 2 is 2.21 bits per heavy atom. The van der Waals surface area contributed by atoms with Gasteiger partial charge >= 0.3 is 6.09 Å². The van der Waals surface area contributed by atoms with E-state index in [0.29, 0.717) is 0 Å². The van der Waals surface area contributed by atoms with E-state index in [4.69, 9.17) is 4.74 Å². The van der Waals surface area contributed by atoms with Crippen molar-refractivity contribution in [1.82, 2.24) is 4.90 Å². The predicted molar refractivity (Wildman–Crippen MR) is 54.0 cm³/mol. The summed E-state index contributed by atoms with van der Waals surface area (Å²) in [5.74, 6) is 0. The number of nitrogens with zero attached hydrogens (tertiary/aromatic N) is 1. The quantitative estimate of drug-likeness (QED) is 0.601. The van der Waals surface area contributed by atoms with Crippen LogP contribution >= 0.6 is 0 Å². The normalized spacial score (nSPS) is 41.9. The molecule has 0 spiro atoms. The van der Waals surface area contributed by atoms with Crippen LogP contribution in [0.1, 0.15) is 33.1 Å². The maximum absolute atomic E-state index is 11.6. The van der Waals surface area contributed by atoms with Crippen LogP contribution in [0.2, 0.25) is 0 Å². The van der Waals surface area contributed by atoms with Gasteiger partial charge in [0.2, 0.25) is 0 Å². The minimum absolute atomic E-state index is 0.186. The summed E-state index contributed by atoms with van der Waals surface area (Å²) in [4.78, 5) is 13.5. The Labute approximate surface area is 84.7 Å². The molecule has 2 aliphatic heterocycles. The van der Waals surface area contributed by atoms with Crippen LogP contribution in [0.5, 0.6) is 0 Å². The molecule has 0 aliphatic carbocycles. The fraction of sp³-hybridized carbons (Fsp3) is 0.727. The van der Waals surface area contributed by atoms with Gasteiger partial charge in [0.05, 0.1) is 5.54 Å². The molecule has 3 nitrogen and oxygen atoms in total. The SMILES string of the molecule is C=C[C@@]1(C)OC(=O)N2CCCC[C@]21C. The van der Waals surface area contributed by atoms with Gasteiger partial charge in [-0.25, -0.2) is 4.79 Å². The largest absolute Gasteiger partial charge is 0.436 e. The van der Waals surface area contributed by atoms with E-state index in [1.165, 1.54) is 0 Å². The number of amides is 1. The van der Waals surface area contributed by atoms with Gasteiger partial charge in [-0.3, -0.25) is 4.90 Å². The van der Waals surface area contributed by atoms with Crippen molar-refractivity contribution in [2.45, 2.75) is 44.2 Å². The second-order valence-corrected chi connectivity index (χ2v) is 4.56. The number of ether oxygens (including phenoxy) is 1. The van der Waals surface area contributed by atoms with Gasteiger partial charge in [0.1, 0.15) is 0 Å². The van der Waals surface area contributed by atoms with Crippen molar-refractivity contribution >= 4 is 6.09 Å². The van der Waals surface area contributed by atoms with Gasteiger partial charge in [0.15, 0.2) is 5.60 Å². The van der Waals surface area contributed by atoms with Crippen LogP contribution in [-0.2, 0) is 4.74 Å². The van der Waals surface area contributed by atoms with Crippen molar-refractivity contribution < 1.29 is 9.53 Å². The molecule has 2 atom stereocenters. The van der Waals surface area contributed by atoms with Gasteiger partial charge in [-0.1, -0.05) is 6.58 Å². The maximum atomic E-state index is 11.6. The highest BCUT2D eigenvalue weighted by molar-refractivity contribution is 5.73. The average Bonchev–Trinajstić information content (AvgIpc) is 2.36. The Balaban J connectivity index is 2.41. The van der Waals surface area contributed by atoms with Crippen molar-refractivity contribution in [1.29, 1.82) is 0 Å². The smallest absolute Gasteiger partial charge is 0.411 e. The number of fused-ring (bicyclic) bond motifs is 1. The fourth-order valence-corrected chi connectivity index (χ4v) is 2.54. The van der Waals surface area contributed by atoms with Gasteiger partial charge in [-0.2, -0.15) is 0 Å². The third-order valence-corrected chi connectivity index (χ3v) is 3.87. The number of piperidine rings is 1. The summed E-state index contributed by atoms with van der Waals surface area (Å²) in [5, 5.41) is 0. The molecule has 2 fully saturated rings. The lowest BCUT2D eigenvalue weighted by Crippen LogP contribution is -2.56. The minimum Gasteiger partial charge on any atom is -0.436 e. The lowest BCUT2D eigenvalue weighted by molar-refractivity contribution is 0.0345. The minimum atomic E-state index is -0.523. The van der Waals surface area contributed by atoms with E-state index in [1.54, 1.807) is 6.08 Å². The highest BCUT2D eigenvalue weighted by Crippen LogP contribution is 2.45. The molecular weight excluding hydrogens is 178 g/mol. The molecule has 0 aromatic carbocycles. The zero-order chi connectivity index (χ0) is 10.4. The van der Waals surface area contributed by atoms with E-state index in [-0.39, 0.29) is 11.6 Å². The summed E-state index contributed by atoms with van der Waals surface area (Å²) < 4.78 is 5.42. The highest BCUT2D eigenvalue weighted by atomic mass is 16.6. The van der Waals surface area contributed by atoms with Crippen molar-refractivity contribution in [3.8, 4) is 0 Å². The molecule has 0 bridgehead atoms. The zero-order valence-electron chi connectivity index (χ0n) is 8.88. The molecule has 3 heteroatoms. The molecule has 0 saturated carbocycles. The van der Waals surface area contributed by atoms with Crippen LogP contribution in [0.25, 0.3) is 0 Å². The second kappa shape index (κ2) is 2.75.